The van der Waals surface area contributed by atoms with Crippen LogP contribution in [0.2, 0.25) is 0 Å². The summed E-state index contributed by atoms with van der Waals surface area (Å²) in [5, 5.41) is 15.3. The van der Waals surface area contributed by atoms with Crippen molar-refractivity contribution in [2.75, 3.05) is 20.1 Å². The molecule has 0 amide bonds. The topological polar surface area (TPSA) is 70.4 Å². The Balaban J connectivity index is 1.31. The van der Waals surface area contributed by atoms with Gasteiger partial charge in [-0.15, -0.1) is 10.2 Å². The summed E-state index contributed by atoms with van der Waals surface area (Å²) in [6, 6.07) is 11.4. The minimum absolute atomic E-state index is 0.462. The molecule has 0 bridgehead atoms. The standard InChI is InChI=1S/C20H29N7/c1-21-20(24-16-11-12-26(14-16)17-7-5-6-8-17)22-13-19-25-23-15-27(19)18-9-3-2-4-10-18/h2-4,9-10,15-17H,5-8,11-14H2,1H3,(H2,21,22,24). The summed E-state index contributed by atoms with van der Waals surface area (Å²) in [5.41, 5.74) is 1.06. The van der Waals surface area contributed by atoms with Crippen molar-refractivity contribution < 1.29 is 0 Å². The predicted molar refractivity (Wildman–Crippen MR) is 107 cm³/mol. The molecule has 1 aromatic carbocycles. The van der Waals surface area contributed by atoms with Crippen LogP contribution in [0.3, 0.4) is 0 Å². The van der Waals surface area contributed by atoms with Crippen molar-refractivity contribution >= 4 is 5.96 Å². The third-order valence-corrected chi connectivity index (χ3v) is 5.69. The molecule has 7 nitrogen and oxygen atoms in total. The van der Waals surface area contributed by atoms with Gasteiger partial charge in [0.1, 0.15) is 6.33 Å². The molecule has 2 N–H and O–H groups in total. The Bertz CT molecular complexity index is 749. The fourth-order valence-electron chi connectivity index (χ4n) is 4.24. The summed E-state index contributed by atoms with van der Waals surface area (Å²) in [6.45, 7) is 2.89. The van der Waals surface area contributed by atoms with Crippen molar-refractivity contribution in [1.82, 2.24) is 30.3 Å². The first kappa shape index (κ1) is 18.0. The molecule has 1 aromatic heterocycles. The molecular formula is C20H29N7. The number of hydrogen-bond donors (Lipinski definition) is 2. The van der Waals surface area contributed by atoms with Gasteiger partial charge in [-0.3, -0.25) is 14.5 Å². The van der Waals surface area contributed by atoms with Crippen LogP contribution in [-0.4, -0.2) is 57.8 Å². The van der Waals surface area contributed by atoms with Gasteiger partial charge in [0.15, 0.2) is 11.8 Å². The molecule has 0 radical (unpaired) electrons. The minimum Gasteiger partial charge on any atom is -0.352 e. The third-order valence-electron chi connectivity index (χ3n) is 5.69. The first-order valence-corrected chi connectivity index (χ1v) is 9.99. The Morgan fingerprint density at radius 1 is 1.19 bits per heavy atom. The average Bonchev–Trinajstić information content (AvgIpc) is 3.47. The number of likely N-dealkylation sites (tertiary alicyclic amines) is 1. The van der Waals surface area contributed by atoms with E-state index in [1.807, 2.05) is 29.8 Å². The molecule has 1 saturated heterocycles. The molecule has 0 spiro atoms. The molecule has 4 rings (SSSR count). The second kappa shape index (κ2) is 8.52. The van der Waals surface area contributed by atoms with E-state index in [2.05, 4.69) is 42.9 Å². The van der Waals surface area contributed by atoms with Crippen LogP contribution in [0.1, 0.15) is 37.9 Å². The fraction of sp³-hybridized carbons (Fsp3) is 0.550. The van der Waals surface area contributed by atoms with Gasteiger partial charge in [-0.05, 0) is 31.4 Å². The van der Waals surface area contributed by atoms with Crippen LogP contribution in [0.15, 0.2) is 41.7 Å². The Morgan fingerprint density at radius 2 is 2.00 bits per heavy atom. The van der Waals surface area contributed by atoms with Crippen molar-refractivity contribution in [3.8, 4) is 5.69 Å². The van der Waals surface area contributed by atoms with E-state index < -0.39 is 0 Å². The Kier molecular flexibility index (Phi) is 5.67. The molecule has 144 valence electrons. The molecule has 2 aliphatic rings. The van der Waals surface area contributed by atoms with Crippen LogP contribution in [-0.2, 0) is 6.54 Å². The number of hydrogen-bond acceptors (Lipinski definition) is 4. The fourth-order valence-corrected chi connectivity index (χ4v) is 4.24. The van der Waals surface area contributed by atoms with E-state index in [9.17, 15) is 0 Å². The monoisotopic (exact) mass is 367 g/mol. The molecule has 2 fully saturated rings. The first-order valence-electron chi connectivity index (χ1n) is 9.99. The van der Waals surface area contributed by atoms with Crippen molar-refractivity contribution in [3.05, 3.63) is 42.5 Å². The molecule has 1 aliphatic carbocycles. The van der Waals surface area contributed by atoms with Gasteiger partial charge in [0.2, 0.25) is 0 Å². The van der Waals surface area contributed by atoms with E-state index in [1.54, 1.807) is 6.33 Å². The quantitative estimate of drug-likeness (QED) is 0.624. The van der Waals surface area contributed by atoms with Gasteiger partial charge in [-0.1, -0.05) is 31.0 Å². The lowest BCUT2D eigenvalue weighted by Crippen LogP contribution is -2.45. The van der Waals surface area contributed by atoms with E-state index >= 15 is 0 Å². The van der Waals surface area contributed by atoms with Crippen LogP contribution in [0.4, 0.5) is 0 Å². The smallest absolute Gasteiger partial charge is 0.191 e. The predicted octanol–water partition coefficient (Wildman–Crippen LogP) is 1.95. The summed E-state index contributed by atoms with van der Waals surface area (Å²) >= 11 is 0. The highest BCUT2D eigenvalue weighted by atomic mass is 15.3. The number of guanidine groups is 1. The molecule has 27 heavy (non-hydrogen) atoms. The van der Waals surface area contributed by atoms with Crippen LogP contribution in [0, 0.1) is 0 Å². The van der Waals surface area contributed by atoms with Gasteiger partial charge >= 0.3 is 0 Å². The van der Waals surface area contributed by atoms with Crippen LogP contribution < -0.4 is 10.6 Å². The maximum atomic E-state index is 4.39. The number of aliphatic imine (C=N–C) groups is 1. The first-order chi connectivity index (χ1) is 13.3. The number of nitrogens with zero attached hydrogens (tertiary/aromatic N) is 5. The second-order valence-corrected chi connectivity index (χ2v) is 7.44. The van der Waals surface area contributed by atoms with Gasteiger partial charge in [0.25, 0.3) is 0 Å². The number of rotatable bonds is 5. The lowest BCUT2D eigenvalue weighted by atomic mass is 10.2. The normalized spacial score (nSPS) is 21.7. The van der Waals surface area contributed by atoms with Crippen LogP contribution >= 0.6 is 0 Å². The maximum absolute atomic E-state index is 4.39. The van der Waals surface area contributed by atoms with E-state index in [-0.39, 0.29) is 0 Å². The number of benzene rings is 1. The lowest BCUT2D eigenvalue weighted by molar-refractivity contribution is 0.242. The molecule has 1 aliphatic heterocycles. The Labute approximate surface area is 160 Å². The number of para-hydroxylation sites is 1. The summed E-state index contributed by atoms with van der Waals surface area (Å²) < 4.78 is 2.00. The minimum atomic E-state index is 0.462. The van der Waals surface area contributed by atoms with Gasteiger partial charge in [0, 0.05) is 37.9 Å². The SMILES string of the molecule is CN=C(NCc1nncn1-c1ccccc1)NC1CCN(C2CCCC2)C1. The zero-order chi connectivity index (χ0) is 18.5. The highest BCUT2D eigenvalue weighted by molar-refractivity contribution is 5.79. The van der Waals surface area contributed by atoms with Crippen molar-refractivity contribution in [1.29, 1.82) is 0 Å². The van der Waals surface area contributed by atoms with Gasteiger partial charge < -0.3 is 10.6 Å². The summed E-state index contributed by atoms with van der Waals surface area (Å²) in [5.74, 6) is 1.69. The zero-order valence-corrected chi connectivity index (χ0v) is 16.0. The molecular weight excluding hydrogens is 338 g/mol. The van der Waals surface area contributed by atoms with Crippen molar-refractivity contribution in [3.63, 3.8) is 0 Å². The molecule has 7 heteroatoms. The van der Waals surface area contributed by atoms with Crippen LogP contribution in [0.5, 0.6) is 0 Å². The molecule has 1 unspecified atom stereocenters. The summed E-state index contributed by atoms with van der Waals surface area (Å²) in [6.07, 6.45) is 8.45. The third kappa shape index (κ3) is 4.30. The molecule has 2 heterocycles. The summed E-state index contributed by atoms with van der Waals surface area (Å²) in [4.78, 5) is 7.05. The van der Waals surface area contributed by atoms with Crippen LogP contribution in [0.25, 0.3) is 5.69 Å². The van der Waals surface area contributed by atoms with Gasteiger partial charge in [0.05, 0.1) is 6.54 Å². The molecule has 1 atom stereocenters. The van der Waals surface area contributed by atoms with E-state index in [0.717, 1.165) is 30.1 Å². The Hall–Kier alpha value is -2.41. The lowest BCUT2D eigenvalue weighted by Gasteiger charge is -2.24. The van der Waals surface area contributed by atoms with Gasteiger partial charge in [-0.2, -0.15) is 0 Å². The summed E-state index contributed by atoms with van der Waals surface area (Å²) in [7, 11) is 1.82. The maximum Gasteiger partial charge on any atom is 0.191 e. The van der Waals surface area contributed by atoms with Crippen molar-refractivity contribution in [2.45, 2.75) is 50.7 Å². The highest BCUT2D eigenvalue weighted by Gasteiger charge is 2.30. The zero-order valence-electron chi connectivity index (χ0n) is 16.0. The number of aromatic nitrogens is 3. The van der Waals surface area contributed by atoms with E-state index in [0.29, 0.717) is 12.6 Å². The van der Waals surface area contributed by atoms with E-state index in [1.165, 1.54) is 38.6 Å². The van der Waals surface area contributed by atoms with Crippen molar-refractivity contribution in [2.24, 2.45) is 4.99 Å². The highest BCUT2D eigenvalue weighted by Crippen LogP contribution is 2.26. The molecule has 1 saturated carbocycles. The molecule has 2 aromatic rings. The number of nitrogens with one attached hydrogen (secondary N) is 2. The second-order valence-electron chi connectivity index (χ2n) is 7.44. The van der Waals surface area contributed by atoms with Gasteiger partial charge in [-0.25, -0.2) is 0 Å². The Morgan fingerprint density at radius 3 is 2.78 bits per heavy atom. The largest absolute Gasteiger partial charge is 0.352 e. The average molecular weight is 368 g/mol. The van der Waals surface area contributed by atoms with E-state index in [4.69, 9.17) is 0 Å².